The molecule has 0 N–H and O–H groups in total. The summed E-state index contributed by atoms with van der Waals surface area (Å²) in [7, 11) is 3.95. The average Bonchev–Trinajstić information content (AvgIpc) is 2.27. The average molecular weight is 234 g/mol. The molecule has 0 aliphatic carbocycles. The molecule has 0 radical (unpaired) electrons. The van der Waals surface area contributed by atoms with Gasteiger partial charge in [-0.15, -0.1) is 0 Å². The molecule has 0 bridgehead atoms. The number of benzene rings is 2. The molecule has 2 aromatic carbocycles. The van der Waals surface area contributed by atoms with Crippen molar-refractivity contribution in [2.75, 3.05) is 19.0 Å². The van der Waals surface area contributed by atoms with Gasteiger partial charge in [0.2, 0.25) is 0 Å². The Bertz CT molecular complexity index is 549. The second-order valence-electron chi connectivity index (χ2n) is 3.85. The molecule has 0 aliphatic rings. The van der Waals surface area contributed by atoms with Crippen LogP contribution in [0.2, 0.25) is 0 Å². The number of hydrogen-bond acceptors (Lipinski definition) is 2. The lowest BCUT2D eigenvalue weighted by atomic mass is 10.0. The molecule has 2 aromatic rings. The third-order valence-corrected chi connectivity index (χ3v) is 2.80. The molecule has 0 aliphatic heterocycles. The zero-order valence-electron chi connectivity index (χ0n) is 9.20. The Morgan fingerprint density at radius 3 is 2.31 bits per heavy atom. The summed E-state index contributed by atoms with van der Waals surface area (Å²) in [6, 6.07) is 11.5. The van der Waals surface area contributed by atoms with E-state index in [9.17, 15) is 4.79 Å². The smallest absolute Gasteiger partial charge is 0.253 e. The van der Waals surface area contributed by atoms with Crippen LogP contribution in [0.15, 0.2) is 36.4 Å². The second-order valence-corrected chi connectivity index (χ2v) is 4.19. The Balaban J connectivity index is 2.81. The van der Waals surface area contributed by atoms with Crippen LogP contribution in [0.5, 0.6) is 0 Å². The van der Waals surface area contributed by atoms with Gasteiger partial charge in [-0.05, 0) is 29.1 Å². The monoisotopic (exact) mass is 233 g/mol. The molecule has 82 valence electrons. The number of nitrogens with zero attached hydrogens (tertiary/aromatic N) is 1. The first-order valence-corrected chi connectivity index (χ1v) is 5.38. The number of hydrogen-bond donors (Lipinski definition) is 0. The van der Waals surface area contributed by atoms with Gasteiger partial charge in [-0.3, -0.25) is 4.79 Å². The minimum atomic E-state index is -0.415. The van der Waals surface area contributed by atoms with Crippen LogP contribution in [0.4, 0.5) is 5.69 Å². The van der Waals surface area contributed by atoms with Crippen molar-refractivity contribution in [1.29, 1.82) is 0 Å². The van der Waals surface area contributed by atoms with E-state index in [1.54, 1.807) is 6.07 Å². The zero-order chi connectivity index (χ0) is 11.7. The van der Waals surface area contributed by atoms with Gasteiger partial charge in [0.15, 0.2) is 0 Å². The van der Waals surface area contributed by atoms with Crippen LogP contribution in [0.3, 0.4) is 0 Å². The van der Waals surface area contributed by atoms with Crippen molar-refractivity contribution < 1.29 is 4.79 Å². The van der Waals surface area contributed by atoms with Gasteiger partial charge in [0, 0.05) is 30.7 Å². The maximum atomic E-state index is 11.3. The Morgan fingerprint density at radius 1 is 1.06 bits per heavy atom. The number of carbonyl (C=O) groups is 1. The van der Waals surface area contributed by atoms with E-state index in [4.69, 9.17) is 11.6 Å². The molecule has 16 heavy (non-hydrogen) atoms. The topological polar surface area (TPSA) is 20.3 Å². The largest absolute Gasteiger partial charge is 0.377 e. The van der Waals surface area contributed by atoms with Gasteiger partial charge < -0.3 is 4.90 Å². The molecular formula is C13H12ClNO. The first-order valence-electron chi connectivity index (χ1n) is 5.00. The van der Waals surface area contributed by atoms with Crippen LogP contribution < -0.4 is 4.90 Å². The number of anilines is 1. The molecule has 0 spiro atoms. The second kappa shape index (κ2) is 4.14. The lowest BCUT2D eigenvalue weighted by Gasteiger charge is -2.16. The SMILES string of the molecule is CN(C)c1cccc2c(C(=O)Cl)cccc12. The highest BCUT2D eigenvalue weighted by Gasteiger charge is 2.09. The maximum Gasteiger partial charge on any atom is 0.253 e. The molecule has 2 nitrogen and oxygen atoms in total. The van der Waals surface area contributed by atoms with Crippen LogP contribution in [0, 0.1) is 0 Å². The molecule has 0 fully saturated rings. The van der Waals surface area contributed by atoms with Crippen molar-refractivity contribution in [3.63, 3.8) is 0 Å². The lowest BCUT2D eigenvalue weighted by molar-refractivity contribution is 0.108. The number of carbonyl (C=O) groups excluding carboxylic acids is 1. The quantitative estimate of drug-likeness (QED) is 0.742. The highest BCUT2D eigenvalue weighted by atomic mass is 35.5. The van der Waals surface area contributed by atoms with Gasteiger partial charge in [0.05, 0.1) is 0 Å². The minimum Gasteiger partial charge on any atom is -0.377 e. The summed E-state index contributed by atoms with van der Waals surface area (Å²) in [5.41, 5.74) is 1.64. The Labute approximate surface area is 99.4 Å². The van der Waals surface area contributed by atoms with Crippen LogP contribution >= 0.6 is 11.6 Å². The standard InChI is InChI=1S/C13H12ClNO/c1-15(2)12-8-4-5-9-10(12)6-3-7-11(9)13(14)16/h3-8H,1-2H3. The zero-order valence-corrected chi connectivity index (χ0v) is 9.95. The van der Waals surface area contributed by atoms with Gasteiger partial charge in [-0.2, -0.15) is 0 Å². The van der Waals surface area contributed by atoms with Gasteiger partial charge >= 0.3 is 0 Å². The molecule has 0 heterocycles. The van der Waals surface area contributed by atoms with E-state index < -0.39 is 5.24 Å². The van der Waals surface area contributed by atoms with Crippen LogP contribution in [0.25, 0.3) is 10.8 Å². The number of halogens is 1. The molecular weight excluding hydrogens is 222 g/mol. The summed E-state index contributed by atoms with van der Waals surface area (Å²) in [5, 5.41) is 1.52. The summed E-state index contributed by atoms with van der Waals surface area (Å²) in [4.78, 5) is 13.3. The third kappa shape index (κ3) is 1.76. The molecule has 0 unspecified atom stereocenters. The van der Waals surface area contributed by atoms with Crippen molar-refractivity contribution in [2.45, 2.75) is 0 Å². The van der Waals surface area contributed by atoms with Crippen molar-refractivity contribution in [3.05, 3.63) is 42.0 Å². The third-order valence-electron chi connectivity index (χ3n) is 2.59. The number of fused-ring (bicyclic) bond motifs is 1. The summed E-state index contributed by atoms with van der Waals surface area (Å²) >= 11 is 5.56. The Morgan fingerprint density at radius 2 is 1.69 bits per heavy atom. The van der Waals surface area contributed by atoms with Gasteiger partial charge in [-0.1, -0.05) is 24.3 Å². The molecule has 0 atom stereocenters. The maximum absolute atomic E-state index is 11.3. The summed E-state index contributed by atoms with van der Waals surface area (Å²) in [5.74, 6) is 0. The molecule has 0 aromatic heterocycles. The van der Waals surface area contributed by atoms with Crippen molar-refractivity contribution in [1.82, 2.24) is 0 Å². The molecule has 2 rings (SSSR count). The fraction of sp³-hybridized carbons (Fsp3) is 0.154. The van der Waals surface area contributed by atoms with E-state index in [0.29, 0.717) is 5.56 Å². The van der Waals surface area contributed by atoms with Crippen molar-refractivity contribution in [2.24, 2.45) is 0 Å². The van der Waals surface area contributed by atoms with Gasteiger partial charge in [0.1, 0.15) is 0 Å². The fourth-order valence-electron chi connectivity index (χ4n) is 1.85. The summed E-state index contributed by atoms with van der Waals surface area (Å²) in [6.07, 6.45) is 0. The fourth-order valence-corrected chi connectivity index (χ4v) is 2.02. The predicted octanol–water partition coefficient (Wildman–Crippen LogP) is 3.28. The first-order chi connectivity index (χ1) is 7.61. The number of rotatable bonds is 2. The van der Waals surface area contributed by atoms with E-state index >= 15 is 0 Å². The van der Waals surface area contributed by atoms with Crippen LogP contribution in [0.1, 0.15) is 10.4 Å². The van der Waals surface area contributed by atoms with Crippen molar-refractivity contribution in [3.8, 4) is 0 Å². The predicted molar refractivity (Wildman–Crippen MR) is 68.5 cm³/mol. The Hall–Kier alpha value is -1.54. The molecule has 0 saturated carbocycles. The highest BCUT2D eigenvalue weighted by Crippen LogP contribution is 2.28. The lowest BCUT2D eigenvalue weighted by Crippen LogP contribution is -2.09. The first kappa shape index (κ1) is 11.0. The minimum absolute atomic E-state index is 0.415. The Kier molecular flexibility index (Phi) is 2.84. The normalized spacial score (nSPS) is 10.4. The summed E-state index contributed by atoms with van der Waals surface area (Å²) < 4.78 is 0. The molecule has 0 saturated heterocycles. The van der Waals surface area contributed by atoms with E-state index in [1.165, 1.54) is 0 Å². The van der Waals surface area contributed by atoms with Gasteiger partial charge in [-0.25, -0.2) is 0 Å². The van der Waals surface area contributed by atoms with Crippen LogP contribution in [-0.2, 0) is 0 Å². The van der Waals surface area contributed by atoms with E-state index in [1.807, 2.05) is 49.3 Å². The van der Waals surface area contributed by atoms with E-state index in [-0.39, 0.29) is 0 Å². The molecule has 0 amide bonds. The molecule has 3 heteroatoms. The van der Waals surface area contributed by atoms with Gasteiger partial charge in [0.25, 0.3) is 5.24 Å². The highest BCUT2D eigenvalue weighted by molar-refractivity contribution is 6.68. The van der Waals surface area contributed by atoms with Crippen LogP contribution in [-0.4, -0.2) is 19.3 Å². The summed E-state index contributed by atoms with van der Waals surface area (Å²) in [6.45, 7) is 0. The van der Waals surface area contributed by atoms with E-state index in [2.05, 4.69) is 0 Å². The van der Waals surface area contributed by atoms with E-state index in [0.717, 1.165) is 16.5 Å². The van der Waals surface area contributed by atoms with Crippen molar-refractivity contribution >= 4 is 33.3 Å².